The molecule has 0 radical (unpaired) electrons. The zero-order valence-electron chi connectivity index (χ0n) is 34.3. The van der Waals surface area contributed by atoms with Crippen molar-refractivity contribution < 1.29 is 27.5 Å². The molecule has 4 aromatic rings. The van der Waals surface area contributed by atoms with E-state index in [1.165, 1.54) is 23.8 Å². The van der Waals surface area contributed by atoms with Gasteiger partial charge in [0, 0.05) is 50.1 Å². The molecule has 0 aliphatic carbocycles. The largest absolute Gasteiger partial charge is 0.494 e. The Morgan fingerprint density at radius 1 is 1.04 bits per heavy atom. The van der Waals surface area contributed by atoms with Crippen LogP contribution in [0.2, 0.25) is 18.1 Å². The van der Waals surface area contributed by atoms with Crippen molar-refractivity contribution in [3.05, 3.63) is 69.9 Å². The van der Waals surface area contributed by atoms with Gasteiger partial charge in [-0.3, -0.25) is 4.98 Å². The molecule has 4 heterocycles. The monoisotopic (exact) mass is 778 g/mol. The summed E-state index contributed by atoms with van der Waals surface area (Å²) >= 11 is 0. The number of carbonyl (C=O) groups is 1. The van der Waals surface area contributed by atoms with Crippen LogP contribution in [0.5, 0.6) is 5.75 Å². The van der Waals surface area contributed by atoms with Crippen LogP contribution >= 0.6 is 0 Å². The van der Waals surface area contributed by atoms with E-state index in [1.807, 2.05) is 46.4 Å². The molecule has 1 aliphatic heterocycles. The molecule has 0 unspecified atom stereocenters. The third kappa shape index (κ3) is 8.85. The summed E-state index contributed by atoms with van der Waals surface area (Å²) in [6.07, 6.45) is 2.16. The third-order valence-electron chi connectivity index (χ3n) is 10.5. The predicted molar refractivity (Wildman–Crippen MR) is 215 cm³/mol. The van der Waals surface area contributed by atoms with Gasteiger partial charge in [0.15, 0.2) is 14.0 Å². The Kier molecular flexibility index (Phi) is 12.1. The van der Waals surface area contributed by atoms with Gasteiger partial charge in [0.05, 0.1) is 18.2 Å². The van der Waals surface area contributed by atoms with Crippen LogP contribution in [-0.4, -0.2) is 83.8 Å². The van der Waals surface area contributed by atoms with Crippen LogP contribution in [0.1, 0.15) is 85.9 Å². The lowest BCUT2D eigenvalue weighted by atomic mass is 9.98. The van der Waals surface area contributed by atoms with E-state index < -0.39 is 37.3 Å². The first-order valence-electron chi connectivity index (χ1n) is 19.0. The van der Waals surface area contributed by atoms with Crippen LogP contribution in [0.25, 0.3) is 28.0 Å². The molecule has 5 rings (SSSR count). The number of halogens is 2. The highest BCUT2D eigenvalue weighted by atomic mass is 28.4. The van der Waals surface area contributed by atoms with E-state index >= 15 is 8.78 Å². The minimum atomic E-state index is -2.01. The molecule has 1 saturated heterocycles. The summed E-state index contributed by atoms with van der Waals surface area (Å²) in [5, 5.41) is 0.272. The van der Waals surface area contributed by atoms with E-state index in [9.17, 15) is 9.59 Å². The topological polar surface area (TPSA) is 112 Å². The van der Waals surface area contributed by atoms with Crippen molar-refractivity contribution in [2.45, 2.75) is 111 Å². The molecule has 1 atom stereocenters. The van der Waals surface area contributed by atoms with Crippen LogP contribution in [0, 0.1) is 11.6 Å². The fourth-order valence-electron chi connectivity index (χ4n) is 6.58. The summed E-state index contributed by atoms with van der Waals surface area (Å²) in [6.45, 7) is 23.4. The minimum absolute atomic E-state index is 0.0214. The molecule has 11 nitrogen and oxygen atoms in total. The van der Waals surface area contributed by atoms with Gasteiger partial charge in [-0.15, -0.1) is 0 Å². The highest BCUT2D eigenvalue weighted by molar-refractivity contribution is 6.74. The number of carbonyl (C=O) groups excluding carboxylic acids is 1. The maximum absolute atomic E-state index is 16.7. The summed E-state index contributed by atoms with van der Waals surface area (Å²) in [4.78, 5) is 44.8. The quantitative estimate of drug-likeness (QED) is 0.115. The van der Waals surface area contributed by atoms with Crippen molar-refractivity contribution in [1.82, 2.24) is 24.4 Å². The minimum Gasteiger partial charge on any atom is -0.494 e. The predicted octanol–water partition coefficient (Wildman–Crippen LogP) is 8.65. The van der Waals surface area contributed by atoms with Crippen LogP contribution in [0.4, 0.5) is 19.4 Å². The second kappa shape index (κ2) is 16.0. The van der Waals surface area contributed by atoms with Crippen LogP contribution in [0.15, 0.2) is 41.3 Å². The molecule has 14 heteroatoms. The SMILES string of the molecule is COc1ccnc(C(C)C)c1-n1c(=O)nc(N2CCN(C(=O)OC(C)(C)C)C[C@@H]2C)c2cc(F)c(-c3c(F)cccc3CCCO[Si](C)(C)C(C)(C)C)nc21. The van der Waals surface area contributed by atoms with Crippen LogP contribution < -0.4 is 15.3 Å². The van der Waals surface area contributed by atoms with Crippen molar-refractivity contribution in [3.63, 3.8) is 0 Å². The molecule has 0 saturated carbocycles. The van der Waals surface area contributed by atoms with E-state index in [4.69, 9.17) is 18.9 Å². The average Bonchev–Trinajstić information content (AvgIpc) is 3.08. The standard InChI is InChI=1S/C41H56F2N6O5Si/c1-25(2)33-35(31(52-10)18-19-44-33)49-37-28(36(46-38(49)50)48-21-20-47(24-26(48)3)39(51)54-40(4,5)6)23-30(43)34(45-37)32-27(15-13-17-29(32)42)16-14-22-53-55(11,12)41(7,8)9/h13,15,17-19,23,25-26H,14,16,20-22,24H2,1-12H3/t26-/m0/s1. The Labute approximate surface area is 324 Å². The highest BCUT2D eigenvalue weighted by Crippen LogP contribution is 2.38. The zero-order valence-corrected chi connectivity index (χ0v) is 35.3. The second-order valence-electron chi connectivity index (χ2n) is 17.1. The summed E-state index contributed by atoms with van der Waals surface area (Å²) in [7, 11) is -0.521. The van der Waals surface area contributed by atoms with Crippen LogP contribution in [-0.2, 0) is 15.6 Å². The van der Waals surface area contributed by atoms with E-state index in [-0.39, 0.29) is 64.7 Å². The van der Waals surface area contributed by atoms with E-state index in [0.717, 1.165) is 0 Å². The first kappa shape index (κ1) is 41.7. The van der Waals surface area contributed by atoms with E-state index in [0.29, 0.717) is 42.1 Å². The number of amides is 1. The smallest absolute Gasteiger partial charge is 0.410 e. The molecule has 1 fully saturated rings. The number of benzene rings is 1. The maximum Gasteiger partial charge on any atom is 0.410 e. The highest BCUT2D eigenvalue weighted by Gasteiger charge is 2.37. The Balaban J connectivity index is 1.68. The fraction of sp³-hybridized carbons (Fsp3) is 0.537. The van der Waals surface area contributed by atoms with Gasteiger partial charge in [0.2, 0.25) is 0 Å². The molecule has 3 aromatic heterocycles. The van der Waals surface area contributed by atoms with Gasteiger partial charge < -0.3 is 23.7 Å². The van der Waals surface area contributed by atoms with E-state index in [2.05, 4.69) is 43.8 Å². The normalized spacial score (nSPS) is 15.6. The van der Waals surface area contributed by atoms with Crippen molar-refractivity contribution in [1.29, 1.82) is 0 Å². The Morgan fingerprint density at radius 3 is 2.36 bits per heavy atom. The van der Waals surface area contributed by atoms with E-state index in [1.54, 1.807) is 29.3 Å². The number of rotatable bonds is 10. The Hall–Kier alpha value is -4.43. The Morgan fingerprint density at radius 2 is 1.75 bits per heavy atom. The Bertz CT molecular complexity index is 2110. The number of ether oxygens (including phenoxy) is 2. The van der Waals surface area contributed by atoms with Crippen molar-refractivity contribution in [2.24, 2.45) is 0 Å². The van der Waals surface area contributed by atoms with Gasteiger partial charge in [-0.25, -0.2) is 27.9 Å². The number of aryl methyl sites for hydroxylation is 1. The lowest BCUT2D eigenvalue weighted by molar-refractivity contribution is 0.0218. The molecule has 298 valence electrons. The first-order chi connectivity index (χ1) is 25.6. The number of anilines is 1. The van der Waals surface area contributed by atoms with Gasteiger partial charge in [0.1, 0.15) is 40.2 Å². The number of aromatic nitrogens is 4. The molecule has 1 aromatic carbocycles. The van der Waals surface area contributed by atoms with Gasteiger partial charge in [-0.1, -0.05) is 46.8 Å². The summed E-state index contributed by atoms with van der Waals surface area (Å²) in [6, 6.07) is 7.24. The number of methoxy groups -OCH3 is 1. The molecular weight excluding hydrogens is 723 g/mol. The lowest BCUT2D eigenvalue weighted by Crippen LogP contribution is -2.55. The van der Waals surface area contributed by atoms with Gasteiger partial charge in [0.25, 0.3) is 0 Å². The second-order valence-corrected chi connectivity index (χ2v) is 21.9. The first-order valence-corrected chi connectivity index (χ1v) is 21.9. The van der Waals surface area contributed by atoms with Crippen LogP contribution in [0.3, 0.4) is 0 Å². The summed E-state index contributed by atoms with van der Waals surface area (Å²) in [5.74, 6) is -1.01. The fourth-order valence-corrected chi connectivity index (χ4v) is 7.67. The molecule has 1 amide bonds. The number of hydrogen-bond donors (Lipinski definition) is 0. The molecular formula is C41H56F2N6O5Si. The number of piperazine rings is 1. The number of pyridine rings is 2. The molecule has 0 N–H and O–H groups in total. The summed E-state index contributed by atoms with van der Waals surface area (Å²) in [5.41, 5.74) is -0.0751. The number of hydrogen-bond acceptors (Lipinski definition) is 9. The van der Waals surface area contributed by atoms with Gasteiger partial charge in [-0.05, 0) is 82.3 Å². The molecule has 0 spiro atoms. The number of fused-ring (bicyclic) bond motifs is 1. The maximum atomic E-state index is 16.7. The lowest BCUT2D eigenvalue weighted by Gasteiger charge is -2.41. The molecule has 0 bridgehead atoms. The summed E-state index contributed by atoms with van der Waals surface area (Å²) < 4.78 is 51.7. The molecule has 1 aliphatic rings. The third-order valence-corrected chi connectivity index (χ3v) is 15.0. The average molecular weight is 779 g/mol. The van der Waals surface area contributed by atoms with Crippen molar-refractivity contribution in [3.8, 4) is 22.7 Å². The van der Waals surface area contributed by atoms with Crippen molar-refractivity contribution in [2.75, 3.05) is 38.3 Å². The van der Waals surface area contributed by atoms with Gasteiger partial charge >= 0.3 is 11.8 Å². The van der Waals surface area contributed by atoms with Gasteiger partial charge in [-0.2, -0.15) is 4.98 Å². The zero-order chi connectivity index (χ0) is 40.6. The number of nitrogens with zero attached hydrogens (tertiary/aromatic N) is 6. The van der Waals surface area contributed by atoms with Crippen molar-refractivity contribution >= 4 is 31.3 Å². The molecule has 55 heavy (non-hydrogen) atoms.